The van der Waals surface area contributed by atoms with Crippen LogP contribution >= 0.6 is 0 Å². The first kappa shape index (κ1) is 34.2. The molecule has 55 heavy (non-hydrogen) atoms. The van der Waals surface area contributed by atoms with Gasteiger partial charge < -0.3 is 8.83 Å². The highest BCUT2D eigenvalue weighted by Gasteiger charge is 2.37. The molecule has 9 aromatic rings. The van der Waals surface area contributed by atoms with Crippen molar-refractivity contribution >= 4 is 43.6 Å². The molecule has 0 saturated carbocycles. The molecule has 10 nitrogen and oxygen atoms in total. The van der Waals surface area contributed by atoms with Gasteiger partial charge in [-0.15, -0.1) is 20.4 Å². The quantitative estimate of drug-likeness (QED) is 0.161. The lowest BCUT2D eigenvalue weighted by atomic mass is 9.97. The van der Waals surface area contributed by atoms with Crippen LogP contribution in [0, 0.1) is 48.5 Å². The van der Waals surface area contributed by atoms with Crippen LogP contribution in [0.25, 0.3) is 89.7 Å². The number of halogens is 3. The van der Waals surface area contributed by atoms with E-state index in [-0.39, 0.29) is 45.7 Å². The van der Waals surface area contributed by atoms with E-state index in [1.807, 2.05) is 40.8 Å². The van der Waals surface area contributed by atoms with Crippen molar-refractivity contribution in [2.75, 3.05) is 0 Å². The molecule has 13 heteroatoms. The van der Waals surface area contributed by atoms with Crippen molar-refractivity contribution in [1.82, 2.24) is 40.3 Å². The Morgan fingerprint density at radius 1 is 0.473 bits per heavy atom. The van der Waals surface area contributed by atoms with Gasteiger partial charge in [-0.25, -0.2) is 9.97 Å². The zero-order valence-corrected chi connectivity index (χ0v) is 30.8. The Hall–Kier alpha value is -6.63. The molecule has 0 atom stereocenters. The van der Waals surface area contributed by atoms with Gasteiger partial charge in [0.25, 0.3) is 11.8 Å². The molecule has 0 unspecified atom stereocenters. The Morgan fingerprint density at radius 2 is 0.909 bits per heavy atom. The number of fused-ring (bicyclic) bond motifs is 6. The van der Waals surface area contributed by atoms with Crippen LogP contribution in [0.5, 0.6) is 0 Å². The number of aromatic nitrogens is 8. The molecular formula is C42H31F3N8O2. The molecular weight excluding hydrogens is 706 g/mol. The highest BCUT2D eigenvalue weighted by molar-refractivity contribution is 6.07. The predicted octanol–water partition coefficient (Wildman–Crippen LogP) is 10.5. The van der Waals surface area contributed by atoms with Crippen LogP contribution in [-0.2, 0) is 6.18 Å². The van der Waals surface area contributed by atoms with Gasteiger partial charge in [0, 0.05) is 45.1 Å². The molecule has 0 N–H and O–H groups in total. The Bertz CT molecular complexity index is 3080. The number of benzene rings is 3. The van der Waals surface area contributed by atoms with Crippen LogP contribution in [0.4, 0.5) is 13.2 Å². The summed E-state index contributed by atoms with van der Waals surface area (Å²) in [6.07, 6.45) is -1.19. The minimum Gasteiger partial charge on any atom is -0.415 e. The van der Waals surface area contributed by atoms with Gasteiger partial charge in [-0.05, 0) is 106 Å². The van der Waals surface area contributed by atoms with Crippen molar-refractivity contribution in [1.29, 1.82) is 0 Å². The summed E-state index contributed by atoms with van der Waals surface area (Å²) in [6.45, 7) is 13.3. The van der Waals surface area contributed by atoms with Gasteiger partial charge in [-0.2, -0.15) is 13.2 Å². The van der Waals surface area contributed by atoms with E-state index in [0.29, 0.717) is 27.7 Å². The van der Waals surface area contributed by atoms with E-state index >= 15 is 0 Å². The molecule has 0 spiro atoms. The summed E-state index contributed by atoms with van der Waals surface area (Å²) in [4.78, 5) is 18.9. The first-order valence-corrected chi connectivity index (χ1v) is 17.5. The van der Waals surface area contributed by atoms with Crippen molar-refractivity contribution in [2.24, 2.45) is 0 Å². The van der Waals surface area contributed by atoms with Gasteiger partial charge in [-0.1, -0.05) is 30.3 Å². The second-order valence-electron chi connectivity index (χ2n) is 13.9. The van der Waals surface area contributed by atoms with Crippen LogP contribution in [0.3, 0.4) is 0 Å². The van der Waals surface area contributed by atoms with Crippen LogP contribution in [-0.4, -0.2) is 40.3 Å². The number of hydrogen-bond acceptors (Lipinski definition) is 10. The minimum absolute atomic E-state index is 0.0530. The summed E-state index contributed by atoms with van der Waals surface area (Å²) >= 11 is 0. The van der Waals surface area contributed by atoms with Crippen LogP contribution in [0.2, 0.25) is 0 Å². The fourth-order valence-corrected chi connectivity index (χ4v) is 7.23. The van der Waals surface area contributed by atoms with Crippen molar-refractivity contribution in [2.45, 2.75) is 54.6 Å². The number of alkyl halides is 3. The summed E-state index contributed by atoms with van der Waals surface area (Å²) < 4.78 is 56.2. The van der Waals surface area contributed by atoms with Gasteiger partial charge >= 0.3 is 6.18 Å². The Kier molecular flexibility index (Phi) is 7.58. The highest BCUT2D eigenvalue weighted by atomic mass is 19.4. The van der Waals surface area contributed by atoms with E-state index in [4.69, 9.17) is 18.8 Å². The van der Waals surface area contributed by atoms with Crippen LogP contribution in [0.15, 0.2) is 69.8 Å². The summed E-state index contributed by atoms with van der Waals surface area (Å²) in [7, 11) is 0. The van der Waals surface area contributed by atoms with Crippen LogP contribution < -0.4 is 0 Å². The van der Waals surface area contributed by atoms with Crippen molar-refractivity contribution in [3.8, 4) is 46.1 Å². The summed E-state index contributed by atoms with van der Waals surface area (Å²) in [5.74, 6) is 0.382. The highest BCUT2D eigenvalue weighted by Crippen LogP contribution is 2.42. The van der Waals surface area contributed by atoms with Gasteiger partial charge in [0.05, 0.1) is 27.6 Å². The fraction of sp³-hybridized carbons (Fsp3) is 0.190. The summed E-state index contributed by atoms with van der Waals surface area (Å²) in [5.41, 5.74) is 8.59. The number of aryl methyl sites for hydroxylation is 5. The van der Waals surface area contributed by atoms with E-state index < -0.39 is 11.7 Å². The molecule has 272 valence electrons. The second-order valence-corrected chi connectivity index (χ2v) is 13.9. The number of pyridine rings is 4. The van der Waals surface area contributed by atoms with Gasteiger partial charge in [0.2, 0.25) is 11.8 Å². The summed E-state index contributed by atoms with van der Waals surface area (Å²) in [5, 5.41) is 19.8. The molecule has 0 saturated heterocycles. The SMILES string of the molecule is Cc1cnc2c(ccc3c(C)c(C)c(-c4nnc(-c5cccc(-c6nnc(-c7nc8c(ccc9c(C)c(C)cnc98)c(C(F)(F)F)c7C)o6)c5)o4)nc32)c1C. The third kappa shape index (κ3) is 5.32. The van der Waals surface area contributed by atoms with E-state index in [9.17, 15) is 13.2 Å². The minimum atomic E-state index is -4.68. The molecule has 6 heterocycles. The number of rotatable bonds is 4. The zero-order chi connectivity index (χ0) is 38.5. The van der Waals surface area contributed by atoms with E-state index in [0.717, 1.165) is 55.2 Å². The molecule has 3 aromatic carbocycles. The lowest BCUT2D eigenvalue weighted by Crippen LogP contribution is -2.11. The zero-order valence-electron chi connectivity index (χ0n) is 30.8. The Labute approximate surface area is 311 Å². The second kappa shape index (κ2) is 12.2. The molecule has 0 radical (unpaired) electrons. The van der Waals surface area contributed by atoms with Crippen molar-refractivity contribution in [3.05, 3.63) is 105 Å². The topological polar surface area (TPSA) is 129 Å². The lowest BCUT2D eigenvalue weighted by Gasteiger charge is -2.17. The van der Waals surface area contributed by atoms with Crippen molar-refractivity contribution < 1.29 is 22.0 Å². The normalized spacial score (nSPS) is 12.2. The standard InChI is InChI=1S/C42H31F3N8O2/c1-18-16-46-34-27(20(18)3)11-12-29-22(5)23(6)32(48-36(29)34)40-52-50-38(54-40)25-9-8-10-26(15-25)39-51-53-41(55-39)33-24(7)31(42(43,44)45)30-14-13-28-21(4)19(2)17-47-35(28)37(30)49-33/h8-17H,1-7H3. The molecule has 0 bridgehead atoms. The van der Waals surface area contributed by atoms with E-state index in [1.165, 1.54) is 13.0 Å². The maximum absolute atomic E-state index is 14.7. The molecule has 0 aliphatic carbocycles. The van der Waals surface area contributed by atoms with Crippen molar-refractivity contribution in [3.63, 3.8) is 0 Å². The van der Waals surface area contributed by atoms with Gasteiger partial charge in [0.1, 0.15) is 11.4 Å². The molecule has 6 aromatic heterocycles. The monoisotopic (exact) mass is 736 g/mol. The maximum atomic E-state index is 14.7. The fourth-order valence-electron chi connectivity index (χ4n) is 7.23. The third-order valence-corrected chi connectivity index (χ3v) is 10.7. The molecule has 9 rings (SSSR count). The van der Waals surface area contributed by atoms with E-state index in [1.54, 1.807) is 36.5 Å². The first-order chi connectivity index (χ1) is 26.3. The largest absolute Gasteiger partial charge is 0.417 e. The maximum Gasteiger partial charge on any atom is 0.417 e. The molecule has 0 aliphatic heterocycles. The average molecular weight is 737 g/mol. The molecule has 0 aliphatic rings. The molecule has 0 amide bonds. The van der Waals surface area contributed by atoms with E-state index in [2.05, 4.69) is 49.4 Å². The summed E-state index contributed by atoms with van der Waals surface area (Å²) in [6, 6.07) is 14.3. The third-order valence-electron chi connectivity index (χ3n) is 10.7. The van der Waals surface area contributed by atoms with Crippen LogP contribution in [0.1, 0.15) is 44.5 Å². The van der Waals surface area contributed by atoms with Gasteiger partial charge in [-0.3, -0.25) is 9.97 Å². The first-order valence-electron chi connectivity index (χ1n) is 17.5. The number of hydrogen-bond donors (Lipinski definition) is 0. The average Bonchev–Trinajstić information content (AvgIpc) is 3.86. The predicted molar refractivity (Wildman–Crippen MR) is 203 cm³/mol. The molecule has 0 fully saturated rings. The Morgan fingerprint density at radius 3 is 1.42 bits per heavy atom. The van der Waals surface area contributed by atoms with Gasteiger partial charge in [0.15, 0.2) is 0 Å². The Balaban J connectivity index is 1.11. The number of nitrogens with zero attached hydrogens (tertiary/aromatic N) is 8. The smallest absolute Gasteiger partial charge is 0.415 e. The lowest BCUT2D eigenvalue weighted by molar-refractivity contribution is -0.136.